The lowest BCUT2D eigenvalue weighted by Gasteiger charge is -2.33. The predicted octanol–water partition coefficient (Wildman–Crippen LogP) is 5.40. The fraction of sp³-hybridized carbons (Fsp3) is 0.391. The van der Waals surface area contributed by atoms with Gasteiger partial charge in [0.25, 0.3) is 0 Å². The molecular formula is C23H27Cl4N3O4S. The molecule has 0 aromatic heterocycles. The molecule has 2 amide bonds. The number of nitrogens with zero attached hydrogens (tertiary/aromatic N) is 2. The highest BCUT2D eigenvalue weighted by Crippen LogP contribution is 2.35. The van der Waals surface area contributed by atoms with Crippen LogP contribution in [0.1, 0.15) is 32.3 Å². The van der Waals surface area contributed by atoms with Crippen molar-refractivity contribution in [1.82, 2.24) is 10.2 Å². The Hall–Kier alpha value is -1.71. The highest BCUT2D eigenvalue weighted by atomic mass is 35.5. The van der Waals surface area contributed by atoms with Crippen LogP contribution in [0.15, 0.2) is 36.4 Å². The predicted molar refractivity (Wildman–Crippen MR) is 143 cm³/mol. The number of sulfonamides is 1. The molecule has 0 fully saturated rings. The maximum absolute atomic E-state index is 13.6. The van der Waals surface area contributed by atoms with Crippen molar-refractivity contribution < 1.29 is 18.0 Å². The monoisotopic (exact) mass is 581 g/mol. The zero-order chi connectivity index (χ0) is 26.3. The first-order chi connectivity index (χ1) is 16.4. The Morgan fingerprint density at radius 3 is 2.11 bits per heavy atom. The van der Waals surface area contributed by atoms with Gasteiger partial charge in [0.05, 0.1) is 27.0 Å². The summed E-state index contributed by atoms with van der Waals surface area (Å²) < 4.78 is 26.2. The molecule has 0 aliphatic rings. The fourth-order valence-corrected chi connectivity index (χ4v) is 5.04. The van der Waals surface area contributed by atoms with Crippen LogP contribution in [0.5, 0.6) is 0 Å². The van der Waals surface area contributed by atoms with Gasteiger partial charge in [0.2, 0.25) is 21.8 Å². The Morgan fingerprint density at radius 1 is 0.971 bits per heavy atom. The van der Waals surface area contributed by atoms with Crippen molar-refractivity contribution in [2.45, 2.75) is 39.3 Å². The third kappa shape index (κ3) is 8.15. The van der Waals surface area contributed by atoms with Crippen molar-refractivity contribution in [1.29, 1.82) is 0 Å². The van der Waals surface area contributed by atoms with Gasteiger partial charge in [-0.2, -0.15) is 0 Å². The quantitative estimate of drug-likeness (QED) is 0.359. The number of halogens is 4. The summed E-state index contributed by atoms with van der Waals surface area (Å²) in [6, 6.07) is 8.60. The van der Waals surface area contributed by atoms with Crippen LogP contribution in [0.2, 0.25) is 20.1 Å². The molecule has 1 N–H and O–H groups in total. The van der Waals surface area contributed by atoms with Crippen LogP contribution in [-0.2, 0) is 26.2 Å². The summed E-state index contributed by atoms with van der Waals surface area (Å²) >= 11 is 24.3. The minimum absolute atomic E-state index is 0.00634. The molecule has 0 radical (unpaired) electrons. The number of carbonyl (C=O) groups excluding carboxylic acids is 2. The maximum Gasteiger partial charge on any atom is 0.244 e. The Bertz CT molecular complexity index is 1160. The van der Waals surface area contributed by atoms with Crippen molar-refractivity contribution in [2.24, 2.45) is 0 Å². The van der Waals surface area contributed by atoms with Crippen molar-refractivity contribution in [3.8, 4) is 0 Å². The first-order valence-electron chi connectivity index (χ1n) is 10.8. The smallest absolute Gasteiger partial charge is 0.244 e. The van der Waals surface area contributed by atoms with Gasteiger partial charge in [-0.15, -0.1) is 0 Å². The van der Waals surface area contributed by atoms with Gasteiger partial charge >= 0.3 is 0 Å². The minimum atomic E-state index is -3.96. The fourth-order valence-electron chi connectivity index (χ4n) is 3.37. The molecule has 1 unspecified atom stereocenters. The Balaban J connectivity index is 2.48. The molecular weight excluding hydrogens is 556 g/mol. The molecule has 0 aliphatic heterocycles. The number of hydrogen-bond donors (Lipinski definition) is 1. The van der Waals surface area contributed by atoms with E-state index in [1.165, 1.54) is 17.0 Å². The van der Waals surface area contributed by atoms with Gasteiger partial charge in [-0.1, -0.05) is 72.4 Å². The van der Waals surface area contributed by atoms with Crippen LogP contribution in [-0.4, -0.2) is 50.5 Å². The van der Waals surface area contributed by atoms with E-state index in [4.69, 9.17) is 46.4 Å². The van der Waals surface area contributed by atoms with Gasteiger partial charge in [0, 0.05) is 18.1 Å². The van der Waals surface area contributed by atoms with E-state index in [1.54, 1.807) is 31.2 Å². The summed E-state index contributed by atoms with van der Waals surface area (Å²) in [7, 11) is -3.96. The SMILES string of the molecule is CCCNC(=O)C(CC)N(Cc1ccc(Cl)cc1)C(=O)CN(c1cc(Cl)c(Cl)cc1Cl)S(C)(=O)=O. The molecule has 7 nitrogen and oxygen atoms in total. The minimum Gasteiger partial charge on any atom is -0.354 e. The molecule has 0 bridgehead atoms. The van der Waals surface area contributed by atoms with Crippen LogP contribution >= 0.6 is 46.4 Å². The van der Waals surface area contributed by atoms with Crippen molar-refractivity contribution in [3.05, 3.63) is 62.1 Å². The average molecular weight is 583 g/mol. The molecule has 192 valence electrons. The molecule has 0 spiro atoms. The summed E-state index contributed by atoms with van der Waals surface area (Å²) in [4.78, 5) is 27.9. The van der Waals surface area contributed by atoms with Crippen LogP contribution < -0.4 is 9.62 Å². The van der Waals surface area contributed by atoms with Gasteiger partial charge in [-0.3, -0.25) is 13.9 Å². The number of amides is 2. The van der Waals surface area contributed by atoms with E-state index in [2.05, 4.69) is 5.32 Å². The largest absolute Gasteiger partial charge is 0.354 e. The number of nitrogens with one attached hydrogen (secondary N) is 1. The van der Waals surface area contributed by atoms with E-state index in [9.17, 15) is 18.0 Å². The topological polar surface area (TPSA) is 86.8 Å². The van der Waals surface area contributed by atoms with Gasteiger partial charge in [0.1, 0.15) is 12.6 Å². The average Bonchev–Trinajstić information content (AvgIpc) is 2.79. The molecule has 0 aliphatic carbocycles. The normalized spacial score (nSPS) is 12.2. The van der Waals surface area contributed by atoms with Gasteiger partial charge in [-0.25, -0.2) is 8.42 Å². The van der Waals surface area contributed by atoms with Crippen molar-refractivity contribution >= 4 is 73.9 Å². The lowest BCUT2D eigenvalue weighted by atomic mass is 10.1. The van der Waals surface area contributed by atoms with Crippen LogP contribution in [0, 0.1) is 0 Å². The van der Waals surface area contributed by atoms with Gasteiger partial charge in [0.15, 0.2) is 0 Å². The van der Waals surface area contributed by atoms with Crippen LogP contribution in [0.25, 0.3) is 0 Å². The van der Waals surface area contributed by atoms with Crippen LogP contribution in [0.4, 0.5) is 5.69 Å². The van der Waals surface area contributed by atoms with Crippen molar-refractivity contribution in [3.63, 3.8) is 0 Å². The Morgan fingerprint density at radius 2 is 1.57 bits per heavy atom. The number of rotatable bonds is 11. The number of carbonyl (C=O) groups is 2. The van der Waals surface area contributed by atoms with Crippen molar-refractivity contribution in [2.75, 3.05) is 23.7 Å². The third-order valence-electron chi connectivity index (χ3n) is 5.14. The summed E-state index contributed by atoms with van der Waals surface area (Å²) in [6.45, 7) is 3.63. The lowest BCUT2D eigenvalue weighted by molar-refractivity contribution is -0.140. The molecule has 12 heteroatoms. The number of anilines is 1. The zero-order valence-electron chi connectivity index (χ0n) is 19.5. The van der Waals surface area contributed by atoms with E-state index in [-0.39, 0.29) is 33.2 Å². The summed E-state index contributed by atoms with van der Waals surface area (Å²) in [5.74, 6) is -0.916. The lowest BCUT2D eigenvalue weighted by Crippen LogP contribution is -2.52. The molecule has 0 heterocycles. The van der Waals surface area contributed by atoms with Gasteiger partial charge in [-0.05, 0) is 42.7 Å². The number of hydrogen-bond acceptors (Lipinski definition) is 4. The standard InChI is InChI=1S/C23H27Cl4N3O4S/c1-4-10-28-23(32)20(5-2)29(13-15-6-8-16(24)9-7-15)22(31)14-30(35(3,33)34)21-12-18(26)17(25)11-19(21)27/h6-9,11-12,20H,4-5,10,13-14H2,1-3H3,(H,28,32). The second kappa shape index (κ2) is 13.0. The highest BCUT2D eigenvalue weighted by Gasteiger charge is 2.32. The molecule has 35 heavy (non-hydrogen) atoms. The molecule has 1 atom stereocenters. The Labute approximate surface area is 226 Å². The maximum atomic E-state index is 13.6. The van der Waals surface area contributed by atoms with E-state index in [0.717, 1.165) is 22.5 Å². The van der Waals surface area contributed by atoms with E-state index in [1.807, 2.05) is 6.92 Å². The zero-order valence-corrected chi connectivity index (χ0v) is 23.4. The van der Waals surface area contributed by atoms with E-state index in [0.29, 0.717) is 18.0 Å². The second-order valence-corrected chi connectivity index (χ2v) is 11.4. The molecule has 2 aromatic carbocycles. The second-order valence-electron chi connectivity index (χ2n) is 7.85. The highest BCUT2D eigenvalue weighted by molar-refractivity contribution is 7.92. The Kier molecular flexibility index (Phi) is 11.0. The molecule has 0 saturated heterocycles. The molecule has 2 aromatic rings. The summed E-state index contributed by atoms with van der Waals surface area (Å²) in [5.41, 5.74) is 0.731. The molecule has 2 rings (SSSR count). The van der Waals surface area contributed by atoms with E-state index >= 15 is 0 Å². The van der Waals surface area contributed by atoms with Gasteiger partial charge < -0.3 is 10.2 Å². The number of benzene rings is 2. The van der Waals surface area contributed by atoms with Crippen LogP contribution in [0.3, 0.4) is 0 Å². The molecule has 0 saturated carbocycles. The van der Waals surface area contributed by atoms with E-state index < -0.39 is 28.5 Å². The summed E-state index contributed by atoms with van der Waals surface area (Å²) in [5, 5.41) is 3.57. The first-order valence-corrected chi connectivity index (χ1v) is 14.2. The summed E-state index contributed by atoms with van der Waals surface area (Å²) in [6.07, 6.45) is 2.00. The first kappa shape index (κ1) is 29.5. The third-order valence-corrected chi connectivity index (χ3v) is 7.54.